The smallest absolute Gasteiger partial charge is 0.423 e. The summed E-state index contributed by atoms with van der Waals surface area (Å²) in [5, 5.41) is 21.8. The summed E-state index contributed by atoms with van der Waals surface area (Å²) in [7, 11) is -4.34. The van der Waals surface area contributed by atoms with Crippen LogP contribution < -0.4 is 10.9 Å². The summed E-state index contributed by atoms with van der Waals surface area (Å²) in [6.07, 6.45) is -1.43. The number of benzene rings is 2. The van der Waals surface area contributed by atoms with Gasteiger partial charge in [-0.05, 0) is 29.7 Å². The van der Waals surface area contributed by atoms with Gasteiger partial charge in [0.1, 0.15) is 12.3 Å². The predicted molar refractivity (Wildman–Crippen MR) is 141 cm³/mol. The molecule has 1 atom stereocenters. The summed E-state index contributed by atoms with van der Waals surface area (Å²) in [5.74, 6) is 0. The summed E-state index contributed by atoms with van der Waals surface area (Å²) in [5.41, 5.74) is 3.20. The number of hydrogen-bond acceptors (Lipinski definition) is 10. The largest absolute Gasteiger partial charge is 0.464 e. The Bertz CT molecular complexity index is 1130. The van der Waals surface area contributed by atoms with E-state index in [9.17, 15) is 18.0 Å². The number of carbonyl (C=O) groups excluding carboxylic acids is 1. The number of hydrogen-bond donors (Lipinski definition) is 4. The summed E-state index contributed by atoms with van der Waals surface area (Å²) in [6.45, 7) is 4.37. The fourth-order valence-electron chi connectivity index (χ4n) is 3.99. The average Bonchev–Trinajstić information content (AvgIpc) is 2.96. The minimum atomic E-state index is -4.34. The molecule has 1 aliphatic rings. The minimum Gasteiger partial charge on any atom is -0.464 e. The van der Waals surface area contributed by atoms with Gasteiger partial charge < -0.3 is 20.0 Å². The van der Waals surface area contributed by atoms with Crippen LogP contribution in [0.3, 0.4) is 0 Å². The first kappa shape index (κ1) is 30.6. The van der Waals surface area contributed by atoms with Crippen LogP contribution in [-0.4, -0.2) is 111 Å². The fourth-order valence-corrected chi connectivity index (χ4v) is 5.40. The first-order chi connectivity index (χ1) is 18.9. The third-order valence-corrected chi connectivity index (χ3v) is 7.85. The van der Waals surface area contributed by atoms with E-state index in [1.807, 2.05) is 30.3 Å². The molecule has 0 saturated carbocycles. The number of carbonyl (C=O) groups is 2. The van der Waals surface area contributed by atoms with E-state index in [0.29, 0.717) is 22.4 Å². The Hall–Kier alpha value is -2.95. The van der Waals surface area contributed by atoms with E-state index in [4.69, 9.17) is 19.9 Å². The average molecular weight is 566 g/mol. The number of sulfonamides is 1. The second kappa shape index (κ2) is 15.6. The highest BCUT2D eigenvalue weighted by atomic mass is 32.2. The highest BCUT2D eigenvalue weighted by Gasteiger charge is 2.33. The minimum absolute atomic E-state index is 0.0794. The molecule has 1 fully saturated rings. The molecule has 2 aromatic carbocycles. The van der Waals surface area contributed by atoms with Gasteiger partial charge in [-0.3, -0.25) is 14.9 Å². The molecule has 2 aromatic rings. The number of rotatable bonds is 16. The first-order valence-electron chi connectivity index (χ1n) is 12.6. The van der Waals surface area contributed by atoms with Gasteiger partial charge >= 0.3 is 6.09 Å². The van der Waals surface area contributed by atoms with Gasteiger partial charge in [0.2, 0.25) is 0 Å². The van der Waals surface area contributed by atoms with Crippen molar-refractivity contribution in [1.82, 2.24) is 25.3 Å². The molecular formula is C25H35N5O8S. The molecule has 1 aliphatic heterocycles. The zero-order valence-corrected chi connectivity index (χ0v) is 22.3. The Balaban J connectivity index is 1.69. The molecule has 14 heteroatoms. The second-order valence-corrected chi connectivity index (χ2v) is 10.5. The van der Waals surface area contributed by atoms with Crippen LogP contribution in [0.4, 0.5) is 4.79 Å². The van der Waals surface area contributed by atoms with Crippen molar-refractivity contribution in [2.45, 2.75) is 17.4 Å². The Morgan fingerprint density at radius 2 is 1.72 bits per heavy atom. The van der Waals surface area contributed by atoms with Gasteiger partial charge in [-0.1, -0.05) is 46.9 Å². The lowest BCUT2D eigenvalue weighted by molar-refractivity contribution is -0.143. The quantitative estimate of drug-likeness (QED) is 0.131. The topological polar surface area (TPSA) is 161 Å². The lowest BCUT2D eigenvalue weighted by Crippen LogP contribution is -2.46. The van der Waals surface area contributed by atoms with Gasteiger partial charge in [0.05, 0.1) is 24.7 Å². The molecule has 1 amide bonds. The molecule has 0 spiro atoms. The van der Waals surface area contributed by atoms with Crippen molar-refractivity contribution in [3.05, 3.63) is 54.6 Å². The van der Waals surface area contributed by atoms with Gasteiger partial charge in [-0.25, -0.2) is 18.2 Å². The van der Waals surface area contributed by atoms with Crippen molar-refractivity contribution in [1.29, 1.82) is 0 Å². The van der Waals surface area contributed by atoms with Crippen LogP contribution in [0, 0.1) is 0 Å². The molecular weight excluding hydrogens is 530 g/mol. The van der Waals surface area contributed by atoms with Crippen molar-refractivity contribution < 1.29 is 37.9 Å². The van der Waals surface area contributed by atoms with E-state index >= 15 is 0 Å². The van der Waals surface area contributed by atoms with Crippen molar-refractivity contribution in [2.75, 3.05) is 59.1 Å². The lowest BCUT2D eigenvalue weighted by atomic mass is 10.1. The molecule has 13 nitrogen and oxygen atoms in total. The van der Waals surface area contributed by atoms with Crippen LogP contribution in [0.5, 0.6) is 0 Å². The standard InChI is InChI=1S/C25H35N5O8S/c31-20-23(10-13-29(27-34)25(32)33)30(38-19-18-37-17-16-28-14-11-26-12-15-28)39(35,36)24-8-6-22(7-9-24)21-4-2-1-3-5-21/h1-9,20,23,26-27,34H,10-19H2,(H,32,33). The maximum Gasteiger partial charge on any atom is 0.423 e. The number of carboxylic acid groups (broad SMARTS) is 1. The van der Waals surface area contributed by atoms with Crippen LogP contribution in [-0.2, 0) is 24.4 Å². The van der Waals surface area contributed by atoms with E-state index in [-0.39, 0.29) is 24.5 Å². The van der Waals surface area contributed by atoms with Gasteiger partial charge in [0.25, 0.3) is 10.0 Å². The van der Waals surface area contributed by atoms with Gasteiger partial charge in [-0.2, -0.15) is 0 Å². The third kappa shape index (κ3) is 9.05. The molecule has 0 aliphatic carbocycles. The van der Waals surface area contributed by atoms with E-state index < -0.39 is 28.7 Å². The Labute approximate surface area is 227 Å². The number of hydroxylamine groups is 1. The summed E-state index contributed by atoms with van der Waals surface area (Å²) < 4.78 is 33.3. The van der Waals surface area contributed by atoms with Gasteiger partial charge in [-0.15, -0.1) is 5.59 Å². The zero-order valence-electron chi connectivity index (χ0n) is 21.5. The molecule has 39 heavy (non-hydrogen) atoms. The summed E-state index contributed by atoms with van der Waals surface area (Å²) in [4.78, 5) is 30.9. The number of hydrazine groups is 1. The normalized spacial score (nSPS) is 15.2. The monoisotopic (exact) mass is 565 g/mol. The maximum absolute atomic E-state index is 13.5. The van der Waals surface area contributed by atoms with E-state index in [0.717, 1.165) is 43.9 Å². The number of nitrogens with zero attached hydrogens (tertiary/aromatic N) is 3. The molecule has 1 unspecified atom stereocenters. The molecule has 1 saturated heterocycles. The zero-order chi connectivity index (χ0) is 28.1. The maximum atomic E-state index is 13.5. The Morgan fingerprint density at radius 3 is 2.33 bits per heavy atom. The van der Waals surface area contributed by atoms with Crippen molar-refractivity contribution in [3.8, 4) is 11.1 Å². The van der Waals surface area contributed by atoms with E-state index in [1.54, 1.807) is 12.1 Å². The Morgan fingerprint density at radius 1 is 1.05 bits per heavy atom. The molecule has 0 bridgehead atoms. The summed E-state index contributed by atoms with van der Waals surface area (Å²) >= 11 is 0. The van der Waals surface area contributed by atoms with Crippen molar-refractivity contribution in [2.24, 2.45) is 0 Å². The van der Waals surface area contributed by atoms with Crippen LogP contribution in [0.2, 0.25) is 0 Å². The predicted octanol–water partition coefficient (Wildman–Crippen LogP) is 1.03. The van der Waals surface area contributed by atoms with Crippen LogP contribution >= 0.6 is 0 Å². The van der Waals surface area contributed by atoms with Crippen LogP contribution in [0.15, 0.2) is 59.5 Å². The highest BCUT2D eigenvalue weighted by molar-refractivity contribution is 7.89. The number of nitrogens with one attached hydrogen (secondary N) is 2. The molecule has 214 valence electrons. The number of amides is 1. The first-order valence-corrected chi connectivity index (χ1v) is 14.0. The number of ether oxygens (including phenoxy) is 1. The van der Waals surface area contributed by atoms with Gasteiger partial charge in [0, 0.05) is 39.3 Å². The molecule has 0 aromatic heterocycles. The molecule has 3 rings (SSSR count). The van der Waals surface area contributed by atoms with Crippen molar-refractivity contribution in [3.63, 3.8) is 0 Å². The molecule has 1 heterocycles. The third-order valence-electron chi connectivity index (χ3n) is 6.13. The summed E-state index contributed by atoms with van der Waals surface area (Å²) in [6, 6.07) is 14.2. The molecule has 4 N–H and O–H groups in total. The van der Waals surface area contributed by atoms with Crippen molar-refractivity contribution >= 4 is 22.4 Å². The second-order valence-electron chi connectivity index (χ2n) is 8.71. The van der Waals surface area contributed by atoms with Gasteiger partial charge in [0.15, 0.2) is 0 Å². The van der Waals surface area contributed by atoms with Crippen LogP contribution in [0.25, 0.3) is 11.1 Å². The molecule has 0 radical (unpaired) electrons. The fraction of sp³-hybridized carbons (Fsp3) is 0.440. The van der Waals surface area contributed by atoms with E-state index in [1.165, 1.54) is 17.7 Å². The Kier molecular flexibility index (Phi) is 12.2. The SMILES string of the molecule is O=CC(CCN(NO)C(=O)O)N(OCCOCCN1CCNCC1)S(=O)(=O)c1ccc(-c2ccccc2)cc1. The van der Waals surface area contributed by atoms with E-state index in [2.05, 4.69) is 10.2 Å². The van der Waals surface area contributed by atoms with Crippen LogP contribution in [0.1, 0.15) is 6.42 Å². The number of aldehydes is 1. The highest BCUT2D eigenvalue weighted by Crippen LogP contribution is 2.24. The lowest BCUT2D eigenvalue weighted by Gasteiger charge is -2.28. The number of piperazine rings is 1.